The van der Waals surface area contributed by atoms with Crippen LogP contribution < -0.4 is 0 Å². The van der Waals surface area contributed by atoms with Gasteiger partial charge in [-0.1, -0.05) is 69.8 Å². The van der Waals surface area contributed by atoms with Crippen molar-refractivity contribution in [3.05, 3.63) is 24.3 Å². The highest BCUT2D eigenvalue weighted by molar-refractivity contribution is 5.69. The lowest BCUT2D eigenvalue weighted by Gasteiger charge is -2.03. The van der Waals surface area contributed by atoms with Gasteiger partial charge < -0.3 is 9.84 Å². The zero-order valence-corrected chi connectivity index (χ0v) is 15.1. The number of hydrogen-bond donors (Lipinski definition) is 1. The van der Waals surface area contributed by atoms with Gasteiger partial charge in [-0.25, -0.2) is 0 Å². The van der Waals surface area contributed by atoms with Crippen LogP contribution in [0.5, 0.6) is 0 Å². The van der Waals surface area contributed by atoms with Crippen LogP contribution in [0, 0.1) is 0 Å². The summed E-state index contributed by atoms with van der Waals surface area (Å²) in [5, 5.41) is 9.72. The first-order valence-electron chi connectivity index (χ1n) is 9.37. The number of hydrogen-bond acceptors (Lipinski definition) is 3. The first kappa shape index (κ1) is 21.9. The van der Waals surface area contributed by atoms with E-state index in [9.17, 15) is 9.90 Å². The maximum absolute atomic E-state index is 11.1. The van der Waals surface area contributed by atoms with Gasteiger partial charge in [0, 0.05) is 6.42 Å². The molecule has 0 spiro atoms. The van der Waals surface area contributed by atoms with Gasteiger partial charge in [0.25, 0.3) is 0 Å². The van der Waals surface area contributed by atoms with Crippen LogP contribution in [0.2, 0.25) is 0 Å². The van der Waals surface area contributed by atoms with E-state index in [4.69, 9.17) is 4.74 Å². The molecule has 0 aromatic heterocycles. The van der Waals surface area contributed by atoms with Crippen LogP contribution in [0.15, 0.2) is 24.3 Å². The van der Waals surface area contributed by atoms with E-state index in [2.05, 4.69) is 13.0 Å². The molecule has 0 aliphatic rings. The quantitative estimate of drug-likeness (QED) is 0.251. The molecule has 0 aliphatic carbocycles. The summed E-state index contributed by atoms with van der Waals surface area (Å²) in [4.78, 5) is 11.1. The Morgan fingerprint density at radius 2 is 1.74 bits per heavy atom. The maximum Gasteiger partial charge on any atom is 0.305 e. The maximum atomic E-state index is 11.1. The fourth-order valence-electron chi connectivity index (χ4n) is 2.36. The standard InChI is InChI=1S/C20H36O3/c1-3-5-13-16-19(21)17-14-11-9-7-6-8-10-12-15-18-20(22)23-4-2/h9,11,14,17,19,21H,3-8,10,12-13,15-16,18H2,1-2H3/b11-9-,17-14+/t19-/m0/s1. The summed E-state index contributed by atoms with van der Waals surface area (Å²) >= 11 is 0. The highest BCUT2D eigenvalue weighted by Crippen LogP contribution is 2.08. The van der Waals surface area contributed by atoms with Crippen molar-refractivity contribution in [2.45, 2.75) is 90.6 Å². The average molecular weight is 325 g/mol. The van der Waals surface area contributed by atoms with Crippen LogP contribution in [0.1, 0.15) is 84.5 Å². The van der Waals surface area contributed by atoms with Crippen LogP contribution in [-0.4, -0.2) is 23.8 Å². The Kier molecular flexibility index (Phi) is 16.4. The molecular formula is C20H36O3. The average Bonchev–Trinajstić information content (AvgIpc) is 2.53. The molecule has 0 aromatic carbocycles. The van der Waals surface area contributed by atoms with Gasteiger partial charge in [-0.3, -0.25) is 4.79 Å². The zero-order valence-electron chi connectivity index (χ0n) is 15.1. The Morgan fingerprint density at radius 3 is 2.48 bits per heavy atom. The van der Waals surface area contributed by atoms with E-state index in [1.54, 1.807) is 0 Å². The number of esters is 1. The minimum atomic E-state index is -0.300. The van der Waals surface area contributed by atoms with Crippen molar-refractivity contribution in [3.63, 3.8) is 0 Å². The minimum Gasteiger partial charge on any atom is -0.466 e. The van der Waals surface area contributed by atoms with Gasteiger partial charge in [-0.05, 0) is 32.6 Å². The molecule has 1 N–H and O–H groups in total. The van der Waals surface area contributed by atoms with Crippen LogP contribution in [0.3, 0.4) is 0 Å². The van der Waals surface area contributed by atoms with Crippen LogP contribution >= 0.6 is 0 Å². The van der Waals surface area contributed by atoms with Gasteiger partial charge >= 0.3 is 5.97 Å². The molecule has 0 bridgehead atoms. The number of aliphatic hydroxyl groups is 1. The number of carbonyl (C=O) groups excluding carboxylic acids is 1. The lowest BCUT2D eigenvalue weighted by atomic mass is 10.1. The Labute approximate surface area is 142 Å². The summed E-state index contributed by atoms with van der Waals surface area (Å²) in [5.41, 5.74) is 0. The third-order valence-electron chi connectivity index (χ3n) is 3.74. The van der Waals surface area contributed by atoms with Crippen molar-refractivity contribution in [2.24, 2.45) is 0 Å². The highest BCUT2D eigenvalue weighted by Gasteiger charge is 2.00. The molecule has 1 atom stereocenters. The first-order valence-corrected chi connectivity index (χ1v) is 9.37. The molecule has 0 fully saturated rings. The molecule has 3 nitrogen and oxygen atoms in total. The molecule has 0 amide bonds. The lowest BCUT2D eigenvalue weighted by Crippen LogP contribution is -2.03. The van der Waals surface area contributed by atoms with E-state index in [1.807, 2.05) is 25.2 Å². The van der Waals surface area contributed by atoms with Crippen LogP contribution in [-0.2, 0) is 9.53 Å². The Balaban J connectivity index is 3.38. The number of ether oxygens (including phenoxy) is 1. The van der Waals surface area contributed by atoms with Gasteiger partial charge in [0.05, 0.1) is 12.7 Å². The van der Waals surface area contributed by atoms with Crippen LogP contribution in [0.25, 0.3) is 0 Å². The molecule has 0 radical (unpaired) electrons. The molecular weight excluding hydrogens is 288 g/mol. The number of allylic oxidation sites excluding steroid dienone is 3. The van der Waals surface area contributed by atoms with E-state index in [0.29, 0.717) is 13.0 Å². The third-order valence-corrected chi connectivity index (χ3v) is 3.74. The van der Waals surface area contributed by atoms with Crippen molar-refractivity contribution >= 4 is 5.97 Å². The molecule has 0 aromatic rings. The molecule has 0 saturated carbocycles. The molecule has 134 valence electrons. The predicted molar refractivity (Wildman–Crippen MR) is 97.4 cm³/mol. The third kappa shape index (κ3) is 17.1. The van der Waals surface area contributed by atoms with Crippen molar-refractivity contribution in [3.8, 4) is 0 Å². The largest absolute Gasteiger partial charge is 0.466 e. The summed E-state index contributed by atoms with van der Waals surface area (Å²) in [6.45, 7) is 4.49. The fraction of sp³-hybridized carbons (Fsp3) is 0.750. The first-order chi connectivity index (χ1) is 11.2. The summed E-state index contributed by atoms with van der Waals surface area (Å²) < 4.78 is 4.90. The lowest BCUT2D eigenvalue weighted by molar-refractivity contribution is -0.143. The van der Waals surface area contributed by atoms with Gasteiger partial charge in [0.1, 0.15) is 0 Å². The smallest absolute Gasteiger partial charge is 0.305 e. The fourth-order valence-corrected chi connectivity index (χ4v) is 2.36. The van der Waals surface area contributed by atoms with E-state index in [1.165, 1.54) is 32.1 Å². The summed E-state index contributed by atoms with van der Waals surface area (Å²) in [6, 6.07) is 0. The molecule has 3 heteroatoms. The second-order valence-corrected chi connectivity index (χ2v) is 5.99. The van der Waals surface area contributed by atoms with Crippen molar-refractivity contribution in [2.75, 3.05) is 6.61 Å². The topological polar surface area (TPSA) is 46.5 Å². The summed E-state index contributed by atoms with van der Waals surface area (Å²) in [5.74, 6) is -0.0703. The van der Waals surface area contributed by atoms with Crippen molar-refractivity contribution in [1.82, 2.24) is 0 Å². The molecule has 0 saturated heterocycles. The molecule has 0 aliphatic heterocycles. The SMILES string of the molecule is CCCCC[C@H](O)/C=C/C=C\CCCCCCCC(=O)OCC. The number of carbonyl (C=O) groups is 1. The van der Waals surface area contributed by atoms with E-state index in [-0.39, 0.29) is 12.1 Å². The minimum absolute atomic E-state index is 0.0703. The summed E-state index contributed by atoms with van der Waals surface area (Å²) in [7, 11) is 0. The van der Waals surface area contributed by atoms with Gasteiger partial charge in [-0.15, -0.1) is 0 Å². The highest BCUT2D eigenvalue weighted by atomic mass is 16.5. The second kappa shape index (κ2) is 17.3. The molecule has 23 heavy (non-hydrogen) atoms. The van der Waals surface area contributed by atoms with Gasteiger partial charge in [0.15, 0.2) is 0 Å². The zero-order chi connectivity index (χ0) is 17.2. The number of aliphatic hydroxyl groups excluding tert-OH is 1. The Morgan fingerprint density at radius 1 is 1.00 bits per heavy atom. The van der Waals surface area contributed by atoms with Crippen molar-refractivity contribution in [1.29, 1.82) is 0 Å². The second-order valence-electron chi connectivity index (χ2n) is 5.99. The molecule has 0 rings (SSSR count). The van der Waals surface area contributed by atoms with E-state index < -0.39 is 0 Å². The Bertz CT molecular complexity index is 321. The normalized spacial score (nSPS) is 13.0. The van der Waals surface area contributed by atoms with Crippen molar-refractivity contribution < 1.29 is 14.6 Å². The van der Waals surface area contributed by atoms with E-state index in [0.717, 1.165) is 32.1 Å². The predicted octanol–water partition coefficient (Wildman–Crippen LogP) is 5.33. The number of unbranched alkanes of at least 4 members (excludes halogenated alkanes) is 7. The summed E-state index contributed by atoms with van der Waals surface area (Å²) in [6.07, 6.45) is 19.3. The molecule has 0 unspecified atom stereocenters. The molecule has 0 heterocycles. The van der Waals surface area contributed by atoms with Gasteiger partial charge in [0.2, 0.25) is 0 Å². The monoisotopic (exact) mass is 324 g/mol. The van der Waals surface area contributed by atoms with E-state index >= 15 is 0 Å². The van der Waals surface area contributed by atoms with Gasteiger partial charge in [-0.2, -0.15) is 0 Å². The van der Waals surface area contributed by atoms with Crippen LogP contribution in [0.4, 0.5) is 0 Å². The Hall–Kier alpha value is -1.09. The number of rotatable bonds is 15.